The number of carbonyl (C=O) groups is 1. The Morgan fingerprint density at radius 2 is 2.00 bits per heavy atom. The minimum atomic E-state index is -0.569. The summed E-state index contributed by atoms with van der Waals surface area (Å²) in [6.45, 7) is 12.9. The summed E-state index contributed by atoms with van der Waals surface area (Å²) in [5.41, 5.74) is 10.1. The van der Waals surface area contributed by atoms with E-state index in [0.717, 1.165) is 46.6 Å². The lowest BCUT2D eigenvalue weighted by atomic mass is 9.87. The van der Waals surface area contributed by atoms with Gasteiger partial charge in [-0.15, -0.1) is 12.6 Å². The summed E-state index contributed by atoms with van der Waals surface area (Å²) >= 11 is 4.11. The van der Waals surface area contributed by atoms with Crippen LogP contribution in [0.25, 0.3) is 6.08 Å². The van der Waals surface area contributed by atoms with Gasteiger partial charge < -0.3 is 19.9 Å². The molecule has 0 aromatic heterocycles. The molecule has 1 heterocycles. The van der Waals surface area contributed by atoms with Crippen molar-refractivity contribution in [3.63, 3.8) is 0 Å². The molecule has 0 bridgehead atoms. The van der Waals surface area contributed by atoms with Crippen LogP contribution in [0.1, 0.15) is 41.2 Å². The van der Waals surface area contributed by atoms with Gasteiger partial charge in [0.15, 0.2) is 0 Å². The van der Waals surface area contributed by atoms with Gasteiger partial charge in [-0.05, 0) is 81.0 Å². The van der Waals surface area contributed by atoms with Crippen LogP contribution in [0.2, 0.25) is 0 Å². The molecule has 0 aliphatic carbocycles. The monoisotopic (exact) mass is 453 g/mol. The van der Waals surface area contributed by atoms with Crippen LogP contribution in [0.5, 0.6) is 17.2 Å². The van der Waals surface area contributed by atoms with Crippen molar-refractivity contribution < 1.29 is 19.0 Å². The molecule has 6 heteroatoms. The van der Waals surface area contributed by atoms with Crippen LogP contribution >= 0.6 is 12.6 Å². The molecule has 32 heavy (non-hydrogen) atoms. The van der Waals surface area contributed by atoms with Gasteiger partial charge in [0.25, 0.3) is 5.91 Å². The highest BCUT2D eigenvalue weighted by Crippen LogP contribution is 2.43. The summed E-state index contributed by atoms with van der Waals surface area (Å²) in [4.78, 5) is 11.4. The largest absolute Gasteiger partial charge is 0.489 e. The smallest absolute Gasteiger partial charge is 0.254 e. The molecule has 0 spiro atoms. The average Bonchev–Trinajstić information content (AvgIpc) is 2.76. The van der Waals surface area contributed by atoms with E-state index in [2.05, 4.69) is 46.9 Å². The fourth-order valence-corrected chi connectivity index (χ4v) is 4.05. The Labute approximate surface area is 195 Å². The zero-order valence-electron chi connectivity index (χ0n) is 19.2. The van der Waals surface area contributed by atoms with Crippen molar-refractivity contribution in [3.8, 4) is 17.2 Å². The molecule has 2 aromatic rings. The highest BCUT2D eigenvalue weighted by molar-refractivity contribution is 7.85. The third-order valence-electron chi connectivity index (χ3n) is 5.87. The van der Waals surface area contributed by atoms with Gasteiger partial charge in [-0.25, -0.2) is 0 Å². The maximum absolute atomic E-state index is 11.2. The quantitative estimate of drug-likeness (QED) is 0.332. The fourth-order valence-electron chi connectivity index (χ4n) is 3.90. The van der Waals surface area contributed by atoms with Crippen LogP contribution in [0, 0.1) is 20.8 Å². The highest BCUT2D eigenvalue weighted by Gasteiger charge is 2.35. The standard InChI is InChI=1S/C26H31NO4S/c1-6-12-29-23-16(2)17(3)24-21(18(23)4)10-11-26(5,31-24)15-30-20-9-7-8-19(13-20)14-22(32)25(27)28/h6-9,13-14,32H,1,10-12,15H2,2-5H3,(H2,27,28)/b22-14-. The summed E-state index contributed by atoms with van der Waals surface area (Å²) in [7, 11) is 0. The number of hydrogen-bond donors (Lipinski definition) is 2. The molecule has 170 valence electrons. The Bertz CT molecular complexity index is 1080. The zero-order valence-corrected chi connectivity index (χ0v) is 20.1. The molecule has 0 fully saturated rings. The molecule has 0 radical (unpaired) electrons. The van der Waals surface area contributed by atoms with E-state index in [-0.39, 0.29) is 4.91 Å². The van der Waals surface area contributed by atoms with Gasteiger partial charge in [-0.2, -0.15) is 0 Å². The van der Waals surface area contributed by atoms with Gasteiger partial charge in [0.05, 0.1) is 4.91 Å². The van der Waals surface area contributed by atoms with E-state index < -0.39 is 11.5 Å². The number of benzene rings is 2. The maximum Gasteiger partial charge on any atom is 0.254 e. The Kier molecular flexibility index (Phi) is 7.24. The van der Waals surface area contributed by atoms with Crippen molar-refractivity contribution in [2.24, 2.45) is 5.73 Å². The van der Waals surface area contributed by atoms with Crippen LogP contribution in [0.4, 0.5) is 0 Å². The first-order chi connectivity index (χ1) is 15.1. The van der Waals surface area contributed by atoms with Crippen molar-refractivity contribution in [2.45, 2.75) is 46.1 Å². The van der Waals surface area contributed by atoms with Crippen LogP contribution < -0.4 is 19.9 Å². The van der Waals surface area contributed by atoms with Crippen LogP contribution in [0.3, 0.4) is 0 Å². The third-order valence-corrected chi connectivity index (χ3v) is 6.22. The van der Waals surface area contributed by atoms with Crippen LogP contribution in [0.15, 0.2) is 41.8 Å². The molecule has 1 aliphatic heterocycles. The normalized spacial score (nSPS) is 17.8. The summed E-state index contributed by atoms with van der Waals surface area (Å²) in [5.74, 6) is 1.98. The second-order valence-corrected chi connectivity index (χ2v) is 8.90. The summed E-state index contributed by atoms with van der Waals surface area (Å²) < 4.78 is 18.6. The Morgan fingerprint density at radius 1 is 1.25 bits per heavy atom. The van der Waals surface area contributed by atoms with Gasteiger partial charge in [0.1, 0.15) is 36.1 Å². The number of rotatable bonds is 8. The van der Waals surface area contributed by atoms with E-state index in [4.69, 9.17) is 19.9 Å². The molecule has 0 saturated carbocycles. The van der Waals surface area contributed by atoms with E-state index in [0.29, 0.717) is 19.0 Å². The topological polar surface area (TPSA) is 70.8 Å². The molecule has 0 saturated heterocycles. The Balaban J connectivity index is 1.78. The number of amides is 1. The molecule has 1 aliphatic rings. The maximum atomic E-state index is 11.2. The summed E-state index contributed by atoms with van der Waals surface area (Å²) in [5, 5.41) is 0. The number of ether oxygens (including phenoxy) is 3. The van der Waals surface area contributed by atoms with E-state index in [1.54, 1.807) is 12.2 Å². The van der Waals surface area contributed by atoms with Crippen LogP contribution in [-0.4, -0.2) is 24.7 Å². The number of nitrogens with two attached hydrogens (primary N) is 1. The van der Waals surface area contributed by atoms with Crippen LogP contribution in [-0.2, 0) is 11.2 Å². The highest BCUT2D eigenvalue weighted by atomic mass is 32.1. The molecular weight excluding hydrogens is 422 g/mol. The van der Waals surface area contributed by atoms with E-state index in [9.17, 15) is 4.79 Å². The van der Waals surface area contributed by atoms with E-state index >= 15 is 0 Å². The van der Waals surface area contributed by atoms with E-state index in [1.165, 1.54) is 5.56 Å². The lowest BCUT2D eigenvalue weighted by molar-refractivity contribution is -0.113. The Hall–Kier alpha value is -2.86. The predicted molar refractivity (Wildman–Crippen MR) is 132 cm³/mol. The van der Waals surface area contributed by atoms with E-state index in [1.807, 2.05) is 24.3 Å². The molecule has 2 aromatic carbocycles. The fraction of sp³-hybridized carbons (Fsp3) is 0.346. The number of primary amides is 1. The lowest BCUT2D eigenvalue weighted by Gasteiger charge is -2.38. The first-order valence-corrected chi connectivity index (χ1v) is 11.1. The second-order valence-electron chi connectivity index (χ2n) is 8.42. The first kappa shape index (κ1) is 23.8. The van der Waals surface area contributed by atoms with Gasteiger partial charge in [0, 0.05) is 5.56 Å². The molecule has 5 nitrogen and oxygen atoms in total. The van der Waals surface area contributed by atoms with Crippen molar-refractivity contribution in [1.29, 1.82) is 0 Å². The number of thiol groups is 1. The Morgan fingerprint density at radius 3 is 2.69 bits per heavy atom. The van der Waals surface area contributed by atoms with Gasteiger partial charge in [-0.1, -0.05) is 24.8 Å². The van der Waals surface area contributed by atoms with Gasteiger partial charge >= 0.3 is 0 Å². The summed E-state index contributed by atoms with van der Waals surface area (Å²) in [6, 6.07) is 7.46. The lowest BCUT2D eigenvalue weighted by Crippen LogP contribution is -2.42. The molecule has 2 N–H and O–H groups in total. The molecule has 3 rings (SSSR count). The minimum absolute atomic E-state index is 0.194. The third kappa shape index (κ3) is 5.13. The molecule has 1 atom stereocenters. The molecule has 1 unspecified atom stereocenters. The molecule has 1 amide bonds. The van der Waals surface area contributed by atoms with Crippen molar-refractivity contribution in [1.82, 2.24) is 0 Å². The number of carbonyl (C=O) groups excluding carboxylic acids is 1. The minimum Gasteiger partial charge on any atom is -0.489 e. The average molecular weight is 454 g/mol. The van der Waals surface area contributed by atoms with Gasteiger partial charge in [0.2, 0.25) is 0 Å². The number of hydrogen-bond acceptors (Lipinski definition) is 5. The van der Waals surface area contributed by atoms with Crippen molar-refractivity contribution in [2.75, 3.05) is 13.2 Å². The second kappa shape index (κ2) is 9.74. The van der Waals surface area contributed by atoms with Crippen molar-refractivity contribution in [3.05, 3.63) is 69.6 Å². The zero-order chi connectivity index (χ0) is 23.5. The SMILES string of the molecule is C=CCOc1c(C)c(C)c2c(c1C)CCC(C)(COc1cccc(/C=C(\S)C(N)=O)c1)O2. The molecular formula is C26H31NO4S. The number of fused-ring (bicyclic) bond motifs is 1. The van der Waals surface area contributed by atoms with Crippen molar-refractivity contribution >= 4 is 24.6 Å². The first-order valence-electron chi connectivity index (χ1n) is 10.6. The predicted octanol–water partition coefficient (Wildman–Crippen LogP) is 5.10. The van der Waals surface area contributed by atoms with Gasteiger partial charge in [-0.3, -0.25) is 4.79 Å². The summed E-state index contributed by atoms with van der Waals surface area (Å²) in [6.07, 6.45) is 5.09.